The molecule has 0 radical (unpaired) electrons. The van der Waals surface area contributed by atoms with E-state index in [2.05, 4.69) is 0 Å². The highest BCUT2D eigenvalue weighted by molar-refractivity contribution is 5.50. The zero-order valence-electron chi connectivity index (χ0n) is 10.2. The normalized spacial score (nSPS) is 29.9. The van der Waals surface area contributed by atoms with Crippen molar-refractivity contribution >= 4 is 0 Å². The third-order valence-corrected chi connectivity index (χ3v) is 3.52. The topological polar surface area (TPSA) is 123 Å². The predicted octanol–water partition coefficient (Wildman–Crippen LogP) is 0.904. The minimum Gasteiger partial charge on any atom is -0.399 e. The van der Waals surface area contributed by atoms with Gasteiger partial charge in [0, 0.05) is 5.41 Å². The molecule has 0 aromatic carbocycles. The Hall–Kier alpha value is -2.03. The molecule has 5 heteroatoms. The van der Waals surface area contributed by atoms with E-state index in [-0.39, 0.29) is 11.3 Å². The molecule has 0 aromatic heterocycles. The van der Waals surface area contributed by atoms with Gasteiger partial charge in [-0.2, -0.15) is 15.8 Å². The van der Waals surface area contributed by atoms with Crippen LogP contribution in [0.15, 0.2) is 11.3 Å². The summed E-state index contributed by atoms with van der Waals surface area (Å²) in [5.41, 5.74) is 8.96. The van der Waals surface area contributed by atoms with Crippen LogP contribution in [-0.2, 0) is 0 Å². The van der Waals surface area contributed by atoms with Gasteiger partial charge in [-0.3, -0.25) is 0 Å². The fourth-order valence-electron chi connectivity index (χ4n) is 2.63. The average molecular weight is 229 g/mol. The highest BCUT2D eigenvalue weighted by Crippen LogP contribution is 2.53. The van der Waals surface area contributed by atoms with E-state index in [0.29, 0.717) is 6.42 Å². The van der Waals surface area contributed by atoms with Crippen molar-refractivity contribution in [2.75, 3.05) is 0 Å². The maximum absolute atomic E-state index is 9.29. The summed E-state index contributed by atoms with van der Waals surface area (Å²) in [6, 6.07) is 5.85. The lowest BCUT2D eigenvalue weighted by Crippen LogP contribution is -2.55. The standard InChI is InChI=1S/C12H15N5/c1-10(2)5-11(3,17)8(4-13)9(16)12(10,6-14)7-15/h5,16-17H2,1-3H3. The van der Waals surface area contributed by atoms with Crippen LogP contribution < -0.4 is 11.5 Å². The zero-order chi connectivity index (χ0) is 13.5. The molecule has 5 nitrogen and oxygen atoms in total. The van der Waals surface area contributed by atoms with E-state index < -0.39 is 16.4 Å². The molecule has 1 rings (SSSR count). The molecular formula is C12H15N5. The highest BCUT2D eigenvalue weighted by Gasteiger charge is 2.57. The van der Waals surface area contributed by atoms with Gasteiger partial charge in [0.05, 0.1) is 35.0 Å². The molecule has 1 aliphatic carbocycles. The van der Waals surface area contributed by atoms with Gasteiger partial charge in [0.25, 0.3) is 0 Å². The summed E-state index contributed by atoms with van der Waals surface area (Å²) in [6.45, 7) is 5.23. The molecule has 0 heterocycles. The number of allylic oxidation sites excluding steroid dienone is 1. The molecule has 4 N–H and O–H groups in total. The van der Waals surface area contributed by atoms with Crippen molar-refractivity contribution in [2.45, 2.75) is 32.7 Å². The Kier molecular flexibility index (Phi) is 2.67. The first-order valence-electron chi connectivity index (χ1n) is 5.21. The van der Waals surface area contributed by atoms with Crippen molar-refractivity contribution in [2.24, 2.45) is 22.3 Å². The van der Waals surface area contributed by atoms with E-state index >= 15 is 0 Å². The molecule has 0 aromatic rings. The zero-order valence-corrected chi connectivity index (χ0v) is 10.2. The summed E-state index contributed by atoms with van der Waals surface area (Å²) < 4.78 is 0. The van der Waals surface area contributed by atoms with Crippen LogP contribution in [-0.4, -0.2) is 5.54 Å². The molecule has 88 valence electrons. The van der Waals surface area contributed by atoms with Crippen LogP contribution in [0.1, 0.15) is 27.2 Å². The van der Waals surface area contributed by atoms with E-state index in [0.717, 1.165) is 0 Å². The largest absolute Gasteiger partial charge is 0.399 e. The summed E-state index contributed by atoms with van der Waals surface area (Å²) in [4.78, 5) is 0. The molecule has 0 saturated carbocycles. The Morgan fingerprint density at radius 1 is 1.12 bits per heavy atom. The summed E-state index contributed by atoms with van der Waals surface area (Å²) in [7, 11) is 0. The summed E-state index contributed by atoms with van der Waals surface area (Å²) in [6.07, 6.45) is 0.352. The molecule has 0 amide bonds. The number of nitriles is 3. The van der Waals surface area contributed by atoms with Crippen LogP contribution in [0.3, 0.4) is 0 Å². The molecule has 0 aliphatic heterocycles. The first kappa shape index (κ1) is 13.0. The number of hydrogen-bond acceptors (Lipinski definition) is 5. The maximum Gasteiger partial charge on any atom is 0.188 e. The third kappa shape index (κ3) is 1.46. The van der Waals surface area contributed by atoms with Crippen molar-refractivity contribution < 1.29 is 0 Å². The van der Waals surface area contributed by atoms with Crippen molar-refractivity contribution in [3.63, 3.8) is 0 Å². The predicted molar refractivity (Wildman–Crippen MR) is 61.5 cm³/mol. The minimum absolute atomic E-state index is 0.00810. The fraction of sp³-hybridized carbons (Fsp3) is 0.583. The number of nitrogens with zero attached hydrogens (tertiary/aromatic N) is 3. The van der Waals surface area contributed by atoms with Crippen LogP contribution >= 0.6 is 0 Å². The van der Waals surface area contributed by atoms with E-state index in [1.807, 2.05) is 18.2 Å². The molecule has 0 fully saturated rings. The van der Waals surface area contributed by atoms with E-state index in [9.17, 15) is 10.5 Å². The Labute approximate surface area is 101 Å². The van der Waals surface area contributed by atoms with Gasteiger partial charge in [0.1, 0.15) is 0 Å². The molecule has 1 atom stereocenters. The Morgan fingerprint density at radius 3 is 1.94 bits per heavy atom. The van der Waals surface area contributed by atoms with Crippen LogP contribution in [0, 0.1) is 44.8 Å². The first-order chi connectivity index (χ1) is 7.68. The van der Waals surface area contributed by atoms with Crippen molar-refractivity contribution in [1.29, 1.82) is 15.8 Å². The SMILES string of the molecule is CC1(N)CC(C)(C)C(C#N)(C#N)C(N)=C1C#N. The van der Waals surface area contributed by atoms with Crippen molar-refractivity contribution in [1.82, 2.24) is 0 Å². The molecule has 1 aliphatic rings. The third-order valence-electron chi connectivity index (χ3n) is 3.52. The molecule has 0 bridgehead atoms. The summed E-state index contributed by atoms with van der Waals surface area (Å²) in [5.74, 6) is 0. The molecular weight excluding hydrogens is 214 g/mol. The van der Waals surface area contributed by atoms with Gasteiger partial charge in [0.2, 0.25) is 0 Å². The van der Waals surface area contributed by atoms with E-state index in [1.54, 1.807) is 20.8 Å². The van der Waals surface area contributed by atoms with Crippen LogP contribution in [0.2, 0.25) is 0 Å². The number of rotatable bonds is 0. The van der Waals surface area contributed by atoms with Gasteiger partial charge < -0.3 is 11.5 Å². The first-order valence-corrected chi connectivity index (χ1v) is 5.21. The Balaban J connectivity index is 3.71. The van der Waals surface area contributed by atoms with Gasteiger partial charge >= 0.3 is 0 Å². The smallest absolute Gasteiger partial charge is 0.188 e. The van der Waals surface area contributed by atoms with Gasteiger partial charge in [-0.1, -0.05) is 13.8 Å². The van der Waals surface area contributed by atoms with Crippen LogP contribution in [0.25, 0.3) is 0 Å². The lowest BCUT2D eigenvalue weighted by Gasteiger charge is -2.47. The van der Waals surface area contributed by atoms with E-state index in [1.165, 1.54) is 0 Å². The van der Waals surface area contributed by atoms with Crippen molar-refractivity contribution in [3.8, 4) is 18.2 Å². The van der Waals surface area contributed by atoms with Gasteiger partial charge in [-0.25, -0.2) is 0 Å². The second kappa shape index (κ2) is 3.48. The van der Waals surface area contributed by atoms with Gasteiger partial charge in [-0.05, 0) is 13.3 Å². The van der Waals surface area contributed by atoms with Crippen LogP contribution in [0.4, 0.5) is 0 Å². The molecule has 0 spiro atoms. The van der Waals surface area contributed by atoms with E-state index in [4.69, 9.17) is 16.7 Å². The van der Waals surface area contributed by atoms with Gasteiger partial charge in [-0.15, -0.1) is 0 Å². The second-order valence-corrected chi connectivity index (χ2v) is 5.35. The fourth-order valence-corrected chi connectivity index (χ4v) is 2.63. The summed E-state index contributed by atoms with van der Waals surface area (Å²) in [5, 5.41) is 27.7. The quantitative estimate of drug-likeness (QED) is 0.638. The molecule has 0 saturated heterocycles. The van der Waals surface area contributed by atoms with Crippen LogP contribution in [0.5, 0.6) is 0 Å². The lowest BCUT2D eigenvalue weighted by molar-refractivity contribution is 0.153. The second-order valence-electron chi connectivity index (χ2n) is 5.35. The lowest BCUT2D eigenvalue weighted by atomic mass is 9.55. The Morgan fingerprint density at radius 2 is 1.59 bits per heavy atom. The monoisotopic (exact) mass is 229 g/mol. The number of nitrogens with two attached hydrogens (primary N) is 2. The number of hydrogen-bond donors (Lipinski definition) is 2. The molecule has 1 unspecified atom stereocenters. The molecule has 17 heavy (non-hydrogen) atoms. The minimum atomic E-state index is -1.49. The van der Waals surface area contributed by atoms with Gasteiger partial charge in [0.15, 0.2) is 5.41 Å². The maximum atomic E-state index is 9.29. The summed E-state index contributed by atoms with van der Waals surface area (Å²) >= 11 is 0. The average Bonchev–Trinajstić information content (AvgIpc) is 2.17. The van der Waals surface area contributed by atoms with Crippen molar-refractivity contribution in [3.05, 3.63) is 11.3 Å². The Bertz CT molecular complexity index is 490. The highest BCUT2D eigenvalue weighted by atomic mass is 14.8.